The maximum absolute atomic E-state index is 13.3. The van der Waals surface area contributed by atoms with Crippen LogP contribution < -0.4 is 10.1 Å². The number of methoxy groups -OCH3 is 1. The lowest BCUT2D eigenvalue weighted by molar-refractivity contribution is 0.0942. The number of sulfonamides is 1. The number of halogens is 1. The Balaban J connectivity index is 1.57. The van der Waals surface area contributed by atoms with E-state index in [2.05, 4.69) is 15.3 Å². The molecule has 1 aliphatic rings. The largest absolute Gasteiger partial charge is 0.481 e. The number of imidazole rings is 1. The van der Waals surface area contributed by atoms with Crippen molar-refractivity contribution < 1.29 is 17.9 Å². The second-order valence-electron chi connectivity index (χ2n) is 7.42. The van der Waals surface area contributed by atoms with Crippen LogP contribution in [0.4, 0.5) is 0 Å². The van der Waals surface area contributed by atoms with Crippen LogP contribution >= 0.6 is 11.6 Å². The Hall–Kier alpha value is -2.89. The molecule has 0 aromatic carbocycles. The van der Waals surface area contributed by atoms with Crippen molar-refractivity contribution in [1.29, 1.82) is 0 Å². The molecule has 170 valence electrons. The molecule has 0 bridgehead atoms. The highest BCUT2D eigenvalue weighted by Gasteiger charge is 2.32. The number of pyridine rings is 1. The van der Waals surface area contributed by atoms with Crippen LogP contribution in [0.1, 0.15) is 27.4 Å². The maximum atomic E-state index is 13.3. The highest BCUT2D eigenvalue weighted by atomic mass is 35.5. The summed E-state index contributed by atoms with van der Waals surface area (Å²) in [5.41, 5.74) is 2.07. The van der Waals surface area contributed by atoms with Crippen LogP contribution in [0.2, 0.25) is 5.02 Å². The van der Waals surface area contributed by atoms with Gasteiger partial charge in [-0.05, 0) is 19.1 Å². The Bertz CT molecular complexity index is 1280. The number of nitrogens with one attached hydrogen (secondary N) is 1. The quantitative estimate of drug-likeness (QED) is 0.577. The van der Waals surface area contributed by atoms with Crippen molar-refractivity contribution in [2.45, 2.75) is 31.5 Å². The van der Waals surface area contributed by atoms with E-state index in [1.54, 1.807) is 37.1 Å². The van der Waals surface area contributed by atoms with E-state index in [1.807, 2.05) is 4.57 Å². The van der Waals surface area contributed by atoms with Crippen molar-refractivity contribution in [1.82, 2.24) is 28.7 Å². The number of ether oxygens (including phenoxy) is 1. The third kappa shape index (κ3) is 3.87. The molecular formula is C20H23ClN6O4S. The zero-order valence-electron chi connectivity index (χ0n) is 17.9. The molecule has 4 rings (SSSR count). The molecule has 0 fully saturated rings. The molecule has 10 nitrogen and oxygen atoms in total. The van der Waals surface area contributed by atoms with Gasteiger partial charge in [-0.25, -0.2) is 18.4 Å². The minimum absolute atomic E-state index is 0.0805. The molecule has 0 atom stereocenters. The van der Waals surface area contributed by atoms with Crippen LogP contribution in [-0.2, 0) is 36.7 Å². The van der Waals surface area contributed by atoms with E-state index in [0.29, 0.717) is 35.2 Å². The number of rotatable bonds is 6. The molecule has 1 amide bonds. The first kappa shape index (κ1) is 22.3. The van der Waals surface area contributed by atoms with E-state index in [4.69, 9.17) is 16.3 Å². The Kier molecular flexibility index (Phi) is 5.97. The first-order valence-corrected chi connectivity index (χ1v) is 11.7. The first-order valence-electron chi connectivity index (χ1n) is 9.85. The zero-order valence-corrected chi connectivity index (χ0v) is 19.4. The van der Waals surface area contributed by atoms with Crippen LogP contribution in [0.5, 0.6) is 5.88 Å². The highest BCUT2D eigenvalue weighted by molar-refractivity contribution is 7.89. The summed E-state index contributed by atoms with van der Waals surface area (Å²) in [6.07, 6.45) is 4.87. The van der Waals surface area contributed by atoms with Gasteiger partial charge in [0.15, 0.2) is 0 Å². The van der Waals surface area contributed by atoms with E-state index < -0.39 is 15.9 Å². The van der Waals surface area contributed by atoms with Crippen molar-refractivity contribution in [3.63, 3.8) is 0 Å². The molecular weight excluding hydrogens is 456 g/mol. The molecule has 0 saturated heterocycles. The average molecular weight is 479 g/mol. The van der Waals surface area contributed by atoms with Crippen molar-refractivity contribution in [2.75, 3.05) is 13.7 Å². The van der Waals surface area contributed by atoms with Crippen molar-refractivity contribution >= 4 is 27.5 Å². The number of aromatic nitrogens is 4. The van der Waals surface area contributed by atoms with E-state index in [-0.39, 0.29) is 23.7 Å². The summed E-state index contributed by atoms with van der Waals surface area (Å²) in [6.45, 7) is 2.86. The summed E-state index contributed by atoms with van der Waals surface area (Å²) in [5.74, 6) is -0.121. The van der Waals surface area contributed by atoms with Gasteiger partial charge >= 0.3 is 0 Å². The Morgan fingerprint density at radius 2 is 2.12 bits per heavy atom. The summed E-state index contributed by atoms with van der Waals surface area (Å²) in [5, 5.41) is 3.18. The summed E-state index contributed by atoms with van der Waals surface area (Å²) >= 11 is 6.20. The predicted molar refractivity (Wildman–Crippen MR) is 117 cm³/mol. The lowest BCUT2D eigenvalue weighted by atomic mass is 10.2. The second-order valence-corrected chi connectivity index (χ2v) is 9.73. The standard InChI is InChI=1S/C20H23ClN6O4S/c1-13-18(32(29,30)27-7-6-26-12-22-9-14(26)11-27)8-17(25(13)2)19(28)24-10-15-16(21)4-5-23-20(15)31-3/h4-5,8-9,12H,6-7,10-11H2,1-3H3,(H,24,28). The summed E-state index contributed by atoms with van der Waals surface area (Å²) in [7, 11) is -0.666. The van der Waals surface area contributed by atoms with Gasteiger partial charge in [-0.1, -0.05) is 11.6 Å². The Morgan fingerprint density at radius 3 is 2.88 bits per heavy atom. The smallest absolute Gasteiger partial charge is 0.268 e. The van der Waals surface area contributed by atoms with Gasteiger partial charge in [-0.15, -0.1) is 0 Å². The summed E-state index contributed by atoms with van der Waals surface area (Å²) < 4.78 is 36.8. The van der Waals surface area contributed by atoms with Crippen molar-refractivity contribution in [3.8, 4) is 5.88 Å². The van der Waals surface area contributed by atoms with Gasteiger partial charge < -0.3 is 19.2 Å². The SMILES string of the molecule is COc1nccc(Cl)c1CNC(=O)c1cc(S(=O)(=O)N2CCn3cncc3C2)c(C)n1C. The van der Waals surface area contributed by atoms with Gasteiger partial charge in [0.1, 0.15) is 10.6 Å². The normalized spacial score (nSPS) is 14.2. The van der Waals surface area contributed by atoms with Crippen LogP contribution in [0.25, 0.3) is 0 Å². The molecule has 0 aliphatic carbocycles. The van der Waals surface area contributed by atoms with Crippen LogP contribution in [-0.4, -0.2) is 51.4 Å². The first-order chi connectivity index (χ1) is 15.2. The van der Waals surface area contributed by atoms with Gasteiger partial charge in [-0.2, -0.15) is 4.31 Å². The molecule has 32 heavy (non-hydrogen) atoms. The number of carbonyl (C=O) groups excluding carboxylic acids is 1. The molecule has 0 unspecified atom stereocenters. The van der Waals surface area contributed by atoms with E-state index in [9.17, 15) is 13.2 Å². The van der Waals surface area contributed by atoms with E-state index in [1.165, 1.54) is 23.7 Å². The van der Waals surface area contributed by atoms with Gasteiger partial charge in [-0.3, -0.25) is 4.79 Å². The number of carbonyl (C=O) groups is 1. The average Bonchev–Trinajstić information content (AvgIpc) is 3.37. The summed E-state index contributed by atoms with van der Waals surface area (Å²) in [4.78, 5) is 21.2. The number of amides is 1. The monoisotopic (exact) mass is 478 g/mol. The second kappa shape index (κ2) is 8.57. The zero-order chi connectivity index (χ0) is 23.0. The maximum Gasteiger partial charge on any atom is 0.268 e. The fraction of sp³-hybridized carbons (Fsp3) is 0.350. The van der Waals surface area contributed by atoms with Gasteiger partial charge in [0.2, 0.25) is 15.9 Å². The van der Waals surface area contributed by atoms with Gasteiger partial charge in [0, 0.05) is 44.8 Å². The van der Waals surface area contributed by atoms with Crippen molar-refractivity contribution in [2.24, 2.45) is 7.05 Å². The number of hydrogen-bond acceptors (Lipinski definition) is 6. The molecule has 12 heteroatoms. The molecule has 3 aromatic heterocycles. The number of nitrogens with zero attached hydrogens (tertiary/aromatic N) is 5. The lowest BCUT2D eigenvalue weighted by Gasteiger charge is -2.27. The topological polar surface area (TPSA) is 111 Å². The van der Waals surface area contributed by atoms with E-state index >= 15 is 0 Å². The molecule has 1 aliphatic heterocycles. The van der Waals surface area contributed by atoms with Crippen LogP contribution in [0, 0.1) is 6.92 Å². The molecule has 0 spiro atoms. The highest BCUT2D eigenvalue weighted by Crippen LogP contribution is 2.27. The molecule has 1 N–H and O–H groups in total. The minimum Gasteiger partial charge on any atom is -0.481 e. The summed E-state index contributed by atoms with van der Waals surface area (Å²) in [6, 6.07) is 3.02. The minimum atomic E-state index is -3.79. The Labute approximate surface area is 190 Å². The van der Waals surface area contributed by atoms with E-state index in [0.717, 1.165) is 5.69 Å². The fourth-order valence-corrected chi connectivity index (χ4v) is 5.58. The molecule has 0 radical (unpaired) electrons. The number of hydrogen-bond donors (Lipinski definition) is 1. The van der Waals surface area contributed by atoms with Crippen LogP contribution in [0.15, 0.2) is 35.7 Å². The lowest BCUT2D eigenvalue weighted by Crippen LogP contribution is -2.38. The molecule has 3 aromatic rings. The molecule has 0 saturated carbocycles. The predicted octanol–water partition coefficient (Wildman–Crippen LogP) is 1.72. The Morgan fingerprint density at radius 1 is 1.34 bits per heavy atom. The van der Waals surface area contributed by atoms with Crippen molar-refractivity contribution in [3.05, 3.63) is 58.5 Å². The van der Waals surface area contributed by atoms with Gasteiger partial charge in [0.25, 0.3) is 5.91 Å². The van der Waals surface area contributed by atoms with Crippen LogP contribution in [0.3, 0.4) is 0 Å². The third-order valence-electron chi connectivity index (χ3n) is 5.64. The number of fused-ring (bicyclic) bond motifs is 1. The fourth-order valence-electron chi connectivity index (χ4n) is 3.70. The van der Waals surface area contributed by atoms with Gasteiger partial charge in [0.05, 0.1) is 36.3 Å². The molecule has 4 heterocycles. The third-order valence-corrected chi connectivity index (χ3v) is 7.96.